The summed E-state index contributed by atoms with van der Waals surface area (Å²) in [5.41, 5.74) is 1.82. The first kappa shape index (κ1) is 13.2. The second-order valence-electron chi connectivity index (χ2n) is 5.72. The number of fused-ring (bicyclic) bond motifs is 1. The Morgan fingerprint density at radius 3 is 2.59 bits per heavy atom. The molecule has 4 rings (SSSR count). The first-order chi connectivity index (χ1) is 10.8. The van der Waals surface area contributed by atoms with Crippen molar-refractivity contribution in [2.45, 2.75) is 25.4 Å². The number of hydrogen-bond donors (Lipinski definition) is 0. The molecule has 4 nitrogen and oxygen atoms in total. The number of hydrogen-bond acceptors (Lipinski definition) is 3. The molecule has 22 heavy (non-hydrogen) atoms. The Hall–Kier alpha value is -2.49. The smallest absolute Gasteiger partial charge is 0.254 e. The van der Waals surface area contributed by atoms with Crippen LogP contribution in [0.3, 0.4) is 0 Å². The van der Waals surface area contributed by atoms with Gasteiger partial charge in [0.25, 0.3) is 5.91 Å². The monoisotopic (exact) mass is 295 g/mol. The van der Waals surface area contributed by atoms with Crippen LogP contribution >= 0.6 is 0 Å². The minimum absolute atomic E-state index is 0.0599. The van der Waals surface area contributed by atoms with E-state index in [1.807, 2.05) is 35.2 Å². The van der Waals surface area contributed by atoms with E-state index in [-0.39, 0.29) is 12.7 Å². The molecule has 0 bridgehead atoms. The SMILES string of the molecule is O=C(c1ccc2c(c1)OCO2)N(Cc1ccccc1)C1CC1. The predicted octanol–water partition coefficient (Wildman–Crippen LogP) is 3.22. The summed E-state index contributed by atoms with van der Waals surface area (Å²) in [5.74, 6) is 1.42. The van der Waals surface area contributed by atoms with Gasteiger partial charge in [-0.15, -0.1) is 0 Å². The van der Waals surface area contributed by atoms with Gasteiger partial charge in [0, 0.05) is 18.2 Å². The highest BCUT2D eigenvalue weighted by molar-refractivity contribution is 5.95. The summed E-state index contributed by atoms with van der Waals surface area (Å²) in [6, 6.07) is 15.9. The standard InChI is InChI=1S/C18H17NO3/c20-18(14-6-9-16-17(10-14)22-12-21-16)19(15-7-8-15)11-13-4-2-1-3-5-13/h1-6,9-10,15H,7-8,11-12H2. The van der Waals surface area contributed by atoms with E-state index in [0.717, 1.165) is 18.4 Å². The minimum Gasteiger partial charge on any atom is -0.454 e. The van der Waals surface area contributed by atoms with Crippen molar-refractivity contribution < 1.29 is 14.3 Å². The fourth-order valence-corrected chi connectivity index (χ4v) is 2.73. The lowest BCUT2D eigenvalue weighted by Crippen LogP contribution is -2.32. The molecule has 2 aromatic carbocycles. The largest absolute Gasteiger partial charge is 0.454 e. The lowest BCUT2D eigenvalue weighted by molar-refractivity contribution is 0.0729. The molecule has 1 saturated carbocycles. The highest BCUT2D eigenvalue weighted by Gasteiger charge is 2.33. The molecule has 1 amide bonds. The molecule has 4 heteroatoms. The molecule has 0 atom stereocenters. The molecule has 1 fully saturated rings. The predicted molar refractivity (Wildman–Crippen MR) is 81.9 cm³/mol. The van der Waals surface area contributed by atoms with E-state index in [2.05, 4.69) is 12.1 Å². The zero-order valence-corrected chi connectivity index (χ0v) is 12.2. The van der Waals surface area contributed by atoms with Crippen LogP contribution in [-0.2, 0) is 6.54 Å². The van der Waals surface area contributed by atoms with Gasteiger partial charge in [0.1, 0.15) is 0 Å². The Morgan fingerprint density at radius 2 is 1.82 bits per heavy atom. The number of amides is 1. The van der Waals surface area contributed by atoms with Crippen molar-refractivity contribution >= 4 is 5.91 Å². The first-order valence-electron chi connectivity index (χ1n) is 7.56. The maximum absolute atomic E-state index is 12.9. The molecule has 0 unspecified atom stereocenters. The first-order valence-corrected chi connectivity index (χ1v) is 7.56. The molecule has 2 aliphatic rings. The van der Waals surface area contributed by atoms with E-state index < -0.39 is 0 Å². The average molecular weight is 295 g/mol. The van der Waals surface area contributed by atoms with Crippen LogP contribution in [0.2, 0.25) is 0 Å². The van der Waals surface area contributed by atoms with E-state index in [1.165, 1.54) is 0 Å². The number of benzene rings is 2. The Balaban J connectivity index is 1.58. The van der Waals surface area contributed by atoms with Gasteiger partial charge in [-0.05, 0) is 36.6 Å². The van der Waals surface area contributed by atoms with Crippen LogP contribution in [0.1, 0.15) is 28.8 Å². The Bertz CT molecular complexity index is 695. The average Bonchev–Trinajstić information content (AvgIpc) is 3.29. The van der Waals surface area contributed by atoms with Crippen molar-refractivity contribution in [2.75, 3.05) is 6.79 Å². The van der Waals surface area contributed by atoms with E-state index in [4.69, 9.17) is 9.47 Å². The molecule has 0 spiro atoms. The van der Waals surface area contributed by atoms with Gasteiger partial charge in [0.2, 0.25) is 6.79 Å². The molecule has 1 aliphatic heterocycles. The van der Waals surface area contributed by atoms with Gasteiger partial charge >= 0.3 is 0 Å². The molecular formula is C18H17NO3. The van der Waals surface area contributed by atoms with Crippen LogP contribution in [0, 0.1) is 0 Å². The van der Waals surface area contributed by atoms with Crippen molar-refractivity contribution in [3.8, 4) is 11.5 Å². The van der Waals surface area contributed by atoms with Crippen LogP contribution < -0.4 is 9.47 Å². The van der Waals surface area contributed by atoms with Crippen molar-refractivity contribution in [1.29, 1.82) is 0 Å². The van der Waals surface area contributed by atoms with Gasteiger partial charge < -0.3 is 14.4 Å². The zero-order valence-electron chi connectivity index (χ0n) is 12.2. The minimum atomic E-state index is 0.0599. The van der Waals surface area contributed by atoms with Gasteiger partial charge in [0.15, 0.2) is 11.5 Å². The fraction of sp³-hybridized carbons (Fsp3) is 0.278. The third-order valence-corrected chi connectivity index (χ3v) is 4.06. The van der Waals surface area contributed by atoms with Gasteiger partial charge in [-0.25, -0.2) is 0 Å². The quantitative estimate of drug-likeness (QED) is 0.869. The summed E-state index contributed by atoms with van der Waals surface area (Å²) in [6.45, 7) is 0.877. The summed E-state index contributed by atoms with van der Waals surface area (Å²) in [4.78, 5) is 14.8. The molecule has 0 N–H and O–H groups in total. The number of rotatable bonds is 4. The molecule has 2 aromatic rings. The third-order valence-electron chi connectivity index (χ3n) is 4.06. The lowest BCUT2D eigenvalue weighted by Gasteiger charge is -2.22. The number of ether oxygens (including phenoxy) is 2. The third kappa shape index (κ3) is 2.52. The zero-order chi connectivity index (χ0) is 14.9. The van der Waals surface area contributed by atoms with Gasteiger partial charge in [-0.2, -0.15) is 0 Å². The molecule has 0 aromatic heterocycles. The topological polar surface area (TPSA) is 38.8 Å². The molecule has 0 radical (unpaired) electrons. The summed E-state index contributed by atoms with van der Waals surface area (Å²) >= 11 is 0. The highest BCUT2D eigenvalue weighted by atomic mass is 16.7. The number of nitrogens with zero attached hydrogens (tertiary/aromatic N) is 1. The summed E-state index contributed by atoms with van der Waals surface area (Å²) in [5, 5.41) is 0. The second kappa shape index (κ2) is 5.37. The summed E-state index contributed by atoms with van der Waals surface area (Å²) < 4.78 is 10.7. The van der Waals surface area contributed by atoms with Gasteiger partial charge in [-0.1, -0.05) is 30.3 Å². The summed E-state index contributed by atoms with van der Waals surface area (Å²) in [7, 11) is 0. The lowest BCUT2D eigenvalue weighted by atomic mass is 10.1. The van der Waals surface area contributed by atoms with Crippen LogP contribution in [0.25, 0.3) is 0 Å². The Morgan fingerprint density at radius 1 is 1.05 bits per heavy atom. The molecular weight excluding hydrogens is 278 g/mol. The number of carbonyl (C=O) groups excluding carboxylic acids is 1. The van der Waals surface area contributed by atoms with Crippen LogP contribution in [0.4, 0.5) is 0 Å². The fourth-order valence-electron chi connectivity index (χ4n) is 2.73. The van der Waals surface area contributed by atoms with Crippen LogP contribution in [0.15, 0.2) is 48.5 Å². The Kier molecular flexibility index (Phi) is 3.22. The summed E-state index contributed by atoms with van der Waals surface area (Å²) in [6.07, 6.45) is 2.17. The Labute approximate surface area is 129 Å². The molecule has 1 aliphatic carbocycles. The van der Waals surface area contributed by atoms with E-state index in [0.29, 0.717) is 29.6 Å². The van der Waals surface area contributed by atoms with Crippen molar-refractivity contribution in [2.24, 2.45) is 0 Å². The second-order valence-corrected chi connectivity index (χ2v) is 5.72. The van der Waals surface area contributed by atoms with Gasteiger partial charge in [-0.3, -0.25) is 4.79 Å². The highest BCUT2D eigenvalue weighted by Crippen LogP contribution is 2.35. The van der Waals surface area contributed by atoms with Crippen molar-refractivity contribution in [3.05, 3.63) is 59.7 Å². The van der Waals surface area contributed by atoms with Crippen LogP contribution in [-0.4, -0.2) is 23.6 Å². The van der Waals surface area contributed by atoms with E-state index >= 15 is 0 Å². The molecule has 1 heterocycles. The van der Waals surface area contributed by atoms with E-state index in [9.17, 15) is 4.79 Å². The van der Waals surface area contributed by atoms with Crippen molar-refractivity contribution in [3.63, 3.8) is 0 Å². The maximum atomic E-state index is 12.9. The van der Waals surface area contributed by atoms with Gasteiger partial charge in [0.05, 0.1) is 0 Å². The maximum Gasteiger partial charge on any atom is 0.254 e. The number of carbonyl (C=O) groups is 1. The van der Waals surface area contributed by atoms with Crippen molar-refractivity contribution in [1.82, 2.24) is 4.90 Å². The van der Waals surface area contributed by atoms with E-state index in [1.54, 1.807) is 6.07 Å². The molecule has 112 valence electrons. The molecule has 0 saturated heterocycles. The van der Waals surface area contributed by atoms with Crippen LogP contribution in [0.5, 0.6) is 11.5 Å². The normalized spacial score (nSPS) is 15.6.